The Morgan fingerprint density at radius 3 is 2.69 bits per heavy atom. The largest absolute Gasteiger partial charge is 0.493 e. The maximum absolute atomic E-state index is 10.9. The first kappa shape index (κ1) is 12.8. The van der Waals surface area contributed by atoms with E-state index in [1.807, 2.05) is 24.3 Å². The molecule has 1 aromatic rings. The Labute approximate surface area is 104 Å². The van der Waals surface area contributed by atoms with Crippen LogP contribution in [0.1, 0.15) is 5.56 Å². The normalized spacial score (nSPS) is 9.56. The van der Waals surface area contributed by atoms with Gasteiger partial charge in [0.05, 0.1) is 6.61 Å². The molecule has 0 fully saturated rings. The van der Waals surface area contributed by atoms with Crippen LogP contribution in [0.2, 0.25) is 0 Å². The van der Waals surface area contributed by atoms with Gasteiger partial charge in [0.15, 0.2) is 0 Å². The third-order valence-corrected chi connectivity index (χ3v) is 2.25. The van der Waals surface area contributed by atoms with Crippen molar-refractivity contribution in [1.82, 2.24) is 5.32 Å². The first-order valence-corrected chi connectivity index (χ1v) is 6.06. The molecule has 16 heavy (non-hydrogen) atoms. The number of carbonyl (C=O) groups excluding carboxylic acids is 1. The summed E-state index contributed by atoms with van der Waals surface area (Å²) in [7, 11) is 0. The number of rotatable bonds is 6. The average Bonchev–Trinajstić information content (AvgIpc) is 2.34. The topological polar surface area (TPSA) is 38.3 Å². The van der Waals surface area contributed by atoms with E-state index in [-0.39, 0.29) is 5.91 Å². The van der Waals surface area contributed by atoms with Crippen molar-refractivity contribution in [1.29, 1.82) is 0 Å². The predicted octanol–water partition coefficient (Wildman–Crippen LogP) is 2.26. The zero-order chi connectivity index (χ0) is 11.8. The summed E-state index contributed by atoms with van der Waals surface area (Å²) in [4.78, 5) is 10.9. The summed E-state index contributed by atoms with van der Waals surface area (Å²) in [6, 6.07) is 7.62. The molecule has 0 unspecified atom stereocenters. The fourth-order valence-electron chi connectivity index (χ4n) is 1.12. The third kappa shape index (κ3) is 4.49. The van der Waals surface area contributed by atoms with Crippen molar-refractivity contribution in [3.63, 3.8) is 0 Å². The van der Waals surface area contributed by atoms with Crippen LogP contribution in [0.15, 0.2) is 36.9 Å². The summed E-state index contributed by atoms with van der Waals surface area (Å²) >= 11 is 3.29. The van der Waals surface area contributed by atoms with E-state index in [9.17, 15) is 4.79 Å². The summed E-state index contributed by atoms with van der Waals surface area (Å²) < 4.78 is 5.41. The van der Waals surface area contributed by atoms with E-state index in [0.29, 0.717) is 13.2 Å². The summed E-state index contributed by atoms with van der Waals surface area (Å²) in [5, 5.41) is 3.52. The maximum Gasteiger partial charge on any atom is 0.243 e. The predicted molar refractivity (Wildman–Crippen MR) is 67.8 cm³/mol. The maximum atomic E-state index is 10.9. The van der Waals surface area contributed by atoms with Gasteiger partial charge in [-0.2, -0.15) is 0 Å². The number of hydrogen-bond acceptors (Lipinski definition) is 2. The molecule has 0 saturated carbocycles. The summed E-state index contributed by atoms with van der Waals surface area (Å²) in [5.74, 6) is 0.665. The Balaban J connectivity index is 2.44. The van der Waals surface area contributed by atoms with Crippen molar-refractivity contribution in [3.8, 4) is 5.75 Å². The lowest BCUT2D eigenvalue weighted by Gasteiger charge is -2.06. The first-order valence-electron chi connectivity index (χ1n) is 4.94. The van der Waals surface area contributed by atoms with Crippen LogP contribution in [0, 0.1) is 0 Å². The number of carbonyl (C=O) groups is 1. The molecule has 1 N–H and O–H groups in total. The standard InChI is InChI=1S/C12H14BrNO2/c1-2-12(15)14-9-10-3-5-11(6-4-10)16-8-7-13/h2-6H,1,7-9H2,(H,14,15). The van der Waals surface area contributed by atoms with Gasteiger partial charge in [0, 0.05) is 11.9 Å². The van der Waals surface area contributed by atoms with Crippen LogP contribution in [0.5, 0.6) is 5.75 Å². The van der Waals surface area contributed by atoms with Gasteiger partial charge in [-0.05, 0) is 23.8 Å². The van der Waals surface area contributed by atoms with Crippen molar-refractivity contribution in [2.45, 2.75) is 6.54 Å². The molecule has 86 valence electrons. The van der Waals surface area contributed by atoms with E-state index in [0.717, 1.165) is 16.6 Å². The Morgan fingerprint density at radius 1 is 1.44 bits per heavy atom. The van der Waals surface area contributed by atoms with E-state index in [1.54, 1.807) is 0 Å². The Kier molecular flexibility index (Phi) is 5.64. The molecule has 0 spiro atoms. The average molecular weight is 284 g/mol. The minimum absolute atomic E-state index is 0.167. The van der Waals surface area contributed by atoms with Gasteiger partial charge in [-0.3, -0.25) is 4.79 Å². The first-order chi connectivity index (χ1) is 7.76. The van der Waals surface area contributed by atoms with Crippen molar-refractivity contribution in [2.75, 3.05) is 11.9 Å². The van der Waals surface area contributed by atoms with Gasteiger partial charge in [0.1, 0.15) is 5.75 Å². The van der Waals surface area contributed by atoms with Crippen LogP contribution in [0.4, 0.5) is 0 Å². The van der Waals surface area contributed by atoms with E-state index in [1.165, 1.54) is 6.08 Å². The minimum Gasteiger partial charge on any atom is -0.493 e. The van der Waals surface area contributed by atoms with Crippen LogP contribution in [-0.4, -0.2) is 17.8 Å². The number of benzene rings is 1. The molecule has 0 saturated heterocycles. The molecular formula is C12H14BrNO2. The number of ether oxygens (including phenoxy) is 1. The van der Waals surface area contributed by atoms with Gasteiger partial charge in [0.2, 0.25) is 5.91 Å². The molecule has 0 bridgehead atoms. The highest BCUT2D eigenvalue weighted by Gasteiger charge is 1.97. The minimum atomic E-state index is -0.167. The summed E-state index contributed by atoms with van der Waals surface area (Å²) in [6.07, 6.45) is 1.26. The molecule has 0 aliphatic heterocycles. The molecule has 1 rings (SSSR count). The lowest BCUT2D eigenvalue weighted by molar-refractivity contribution is -0.116. The highest BCUT2D eigenvalue weighted by Crippen LogP contribution is 2.12. The molecule has 0 aliphatic rings. The van der Waals surface area contributed by atoms with Gasteiger partial charge in [-0.25, -0.2) is 0 Å². The highest BCUT2D eigenvalue weighted by atomic mass is 79.9. The highest BCUT2D eigenvalue weighted by molar-refractivity contribution is 9.09. The fraction of sp³-hybridized carbons (Fsp3) is 0.250. The van der Waals surface area contributed by atoms with Gasteiger partial charge in [-0.15, -0.1) is 0 Å². The summed E-state index contributed by atoms with van der Waals surface area (Å²) in [5.41, 5.74) is 1.03. The second-order valence-corrected chi connectivity index (χ2v) is 3.90. The van der Waals surface area contributed by atoms with E-state index < -0.39 is 0 Å². The number of nitrogens with one attached hydrogen (secondary N) is 1. The van der Waals surface area contributed by atoms with Crippen LogP contribution in [0.3, 0.4) is 0 Å². The van der Waals surface area contributed by atoms with Crippen LogP contribution in [0.25, 0.3) is 0 Å². The number of alkyl halides is 1. The lowest BCUT2D eigenvalue weighted by Crippen LogP contribution is -2.19. The second kappa shape index (κ2) is 7.06. The van der Waals surface area contributed by atoms with Crippen molar-refractivity contribution in [2.24, 2.45) is 0 Å². The second-order valence-electron chi connectivity index (χ2n) is 3.10. The van der Waals surface area contributed by atoms with Gasteiger partial charge < -0.3 is 10.1 Å². The molecule has 4 heteroatoms. The Hall–Kier alpha value is -1.29. The fourth-order valence-corrected chi connectivity index (χ4v) is 1.28. The smallest absolute Gasteiger partial charge is 0.243 e. The van der Waals surface area contributed by atoms with Crippen LogP contribution in [-0.2, 0) is 11.3 Å². The Bertz CT molecular complexity index is 349. The monoisotopic (exact) mass is 283 g/mol. The van der Waals surface area contributed by atoms with Gasteiger partial charge in [0.25, 0.3) is 0 Å². The molecule has 0 atom stereocenters. The van der Waals surface area contributed by atoms with Gasteiger partial charge >= 0.3 is 0 Å². The van der Waals surface area contributed by atoms with E-state index in [2.05, 4.69) is 27.8 Å². The van der Waals surface area contributed by atoms with Crippen molar-refractivity contribution >= 4 is 21.8 Å². The molecule has 0 radical (unpaired) electrons. The Morgan fingerprint density at radius 2 is 2.12 bits per heavy atom. The van der Waals surface area contributed by atoms with Crippen LogP contribution >= 0.6 is 15.9 Å². The SMILES string of the molecule is C=CC(=O)NCc1ccc(OCCBr)cc1. The summed E-state index contributed by atoms with van der Waals surface area (Å²) in [6.45, 7) is 4.53. The number of amides is 1. The number of hydrogen-bond donors (Lipinski definition) is 1. The van der Waals surface area contributed by atoms with Crippen molar-refractivity contribution in [3.05, 3.63) is 42.5 Å². The zero-order valence-electron chi connectivity index (χ0n) is 8.91. The van der Waals surface area contributed by atoms with Gasteiger partial charge in [-0.1, -0.05) is 34.6 Å². The number of halogens is 1. The van der Waals surface area contributed by atoms with E-state index in [4.69, 9.17) is 4.74 Å². The zero-order valence-corrected chi connectivity index (χ0v) is 10.5. The molecule has 3 nitrogen and oxygen atoms in total. The van der Waals surface area contributed by atoms with Crippen molar-refractivity contribution < 1.29 is 9.53 Å². The van der Waals surface area contributed by atoms with E-state index >= 15 is 0 Å². The molecule has 1 amide bonds. The molecule has 1 aromatic carbocycles. The molecule has 0 heterocycles. The quantitative estimate of drug-likeness (QED) is 0.643. The molecule has 0 aromatic heterocycles. The third-order valence-electron chi connectivity index (χ3n) is 1.92. The lowest BCUT2D eigenvalue weighted by atomic mass is 10.2. The molecule has 0 aliphatic carbocycles. The van der Waals surface area contributed by atoms with Crippen LogP contribution < -0.4 is 10.1 Å². The molecular weight excluding hydrogens is 270 g/mol.